The van der Waals surface area contributed by atoms with E-state index in [0.29, 0.717) is 6.04 Å². The van der Waals surface area contributed by atoms with Crippen LogP contribution < -0.4 is 5.73 Å². The highest BCUT2D eigenvalue weighted by Crippen LogP contribution is 2.21. The maximum Gasteiger partial charge on any atom is 0.126 e. The monoisotopic (exact) mass is 208 g/mol. The summed E-state index contributed by atoms with van der Waals surface area (Å²) in [5, 5.41) is 11.8. The average molecular weight is 208 g/mol. The standard InChI is InChI=1S/C10H16N4O/c1-7-9(10(11)12)6-14(13-7)8-2-4-15-5-3-8/h6,8H,2-5H2,1H3,(H3,11,12). The maximum atomic E-state index is 7.40. The van der Waals surface area contributed by atoms with E-state index in [1.165, 1.54) is 0 Å². The third-order valence-corrected chi connectivity index (χ3v) is 2.77. The summed E-state index contributed by atoms with van der Waals surface area (Å²) < 4.78 is 7.22. The fourth-order valence-corrected chi connectivity index (χ4v) is 1.88. The number of amidine groups is 1. The minimum absolute atomic E-state index is 0.0887. The molecule has 0 amide bonds. The maximum absolute atomic E-state index is 7.40. The van der Waals surface area contributed by atoms with Crippen molar-refractivity contribution in [3.8, 4) is 0 Å². The number of aryl methyl sites for hydroxylation is 1. The van der Waals surface area contributed by atoms with Gasteiger partial charge in [-0.2, -0.15) is 5.10 Å². The van der Waals surface area contributed by atoms with Crippen molar-refractivity contribution in [2.24, 2.45) is 5.73 Å². The predicted octanol–water partition coefficient (Wildman–Crippen LogP) is 0.827. The molecular weight excluding hydrogens is 192 g/mol. The highest BCUT2D eigenvalue weighted by atomic mass is 16.5. The molecule has 1 aliphatic rings. The molecule has 1 saturated heterocycles. The Morgan fingerprint density at radius 2 is 2.27 bits per heavy atom. The van der Waals surface area contributed by atoms with Gasteiger partial charge in [-0.15, -0.1) is 0 Å². The first-order valence-electron chi connectivity index (χ1n) is 5.16. The van der Waals surface area contributed by atoms with Gasteiger partial charge in [-0.05, 0) is 19.8 Å². The van der Waals surface area contributed by atoms with Crippen LogP contribution >= 0.6 is 0 Å². The number of ether oxygens (including phenoxy) is 1. The topological polar surface area (TPSA) is 76.9 Å². The lowest BCUT2D eigenvalue weighted by Gasteiger charge is -2.22. The number of hydrogen-bond donors (Lipinski definition) is 2. The third-order valence-electron chi connectivity index (χ3n) is 2.77. The van der Waals surface area contributed by atoms with Crippen LogP contribution in [0, 0.1) is 12.3 Å². The van der Waals surface area contributed by atoms with Gasteiger partial charge in [-0.1, -0.05) is 0 Å². The van der Waals surface area contributed by atoms with Gasteiger partial charge in [0.25, 0.3) is 0 Å². The lowest BCUT2D eigenvalue weighted by Crippen LogP contribution is -2.20. The van der Waals surface area contributed by atoms with Gasteiger partial charge in [-0.3, -0.25) is 10.1 Å². The molecule has 0 atom stereocenters. The summed E-state index contributed by atoms with van der Waals surface area (Å²) in [5.74, 6) is 0.0887. The molecule has 5 heteroatoms. The van der Waals surface area contributed by atoms with Crippen LogP contribution in [-0.4, -0.2) is 28.8 Å². The second kappa shape index (κ2) is 4.02. The molecule has 0 aromatic carbocycles. The molecule has 1 aromatic heterocycles. The molecule has 3 N–H and O–H groups in total. The molecule has 15 heavy (non-hydrogen) atoms. The first-order chi connectivity index (χ1) is 7.18. The second-order valence-corrected chi connectivity index (χ2v) is 3.87. The quantitative estimate of drug-likeness (QED) is 0.558. The van der Waals surface area contributed by atoms with Crippen molar-refractivity contribution in [1.29, 1.82) is 5.41 Å². The van der Waals surface area contributed by atoms with Crippen molar-refractivity contribution in [3.63, 3.8) is 0 Å². The number of aromatic nitrogens is 2. The average Bonchev–Trinajstić information content (AvgIpc) is 2.62. The van der Waals surface area contributed by atoms with E-state index in [4.69, 9.17) is 15.9 Å². The van der Waals surface area contributed by atoms with E-state index in [1.807, 2.05) is 17.8 Å². The van der Waals surface area contributed by atoms with Crippen LogP contribution in [0.25, 0.3) is 0 Å². The van der Waals surface area contributed by atoms with E-state index >= 15 is 0 Å². The normalized spacial score (nSPS) is 17.9. The lowest BCUT2D eigenvalue weighted by atomic mass is 10.1. The number of nitrogens with one attached hydrogen (secondary N) is 1. The third kappa shape index (κ3) is 2.02. The molecule has 5 nitrogen and oxygen atoms in total. The zero-order chi connectivity index (χ0) is 10.8. The van der Waals surface area contributed by atoms with Gasteiger partial charge in [0.05, 0.1) is 17.3 Å². The van der Waals surface area contributed by atoms with E-state index < -0.39 is 0 Å². The van der Waals surface area contributed by atoms with Crippen molar-refractivity contribution < 1.29 is 4.74 Å². The molecule has 0 saturated carbocycles. The summed E-state index contributed by atoms with van der Waals surface area (Å²) in [4.78, 5) is 0. The summed E-state index contributed by atoms with van der Waals surface area (Å²) >= 11 is 0. The molecule has 0 radical (unpaired) electrons. The first kappa shape index (κ1) is 10.2. The smallest absolute Gasteiger partial charge is 0.126 e. The Labute approximate surface area is 88.7 Å². The predicted molar refractivity (Wildman–Crippen MR) is 57.1 cm³/mol. The van der Waals surface area contributed by atoms with Crippen LogP contribution in [0.15, 0.2) is 6.20 Å². The van der Waals surface area contributed by atoms with Crippen molar-refractivity contribution in [3.05, 3.63) is 17.5 Å². The van der Waals surface area contributed by atoms with Crippen LogP contribution in [0.2, 0.25) is 0 Å². The SMILES string of the molecule is Cc1nn(C2CCOCC2)cc1C(=N)N. The fourth-order valence-electron chi connectivity index (χ4n) is 1.88. The molecular formula is C10H16N4O. The zero-order valence-electron chi connectivity index (χ0n) is 8.86. The van der Waals surface area contributed by atoms with E-state index in [1.54, 1.807) is 0 Å². The van der Waals surface area contributed by atoms with Gasteiger partial charge in [0.15, 0.2) is 0 Å². The Hall–Kier alpha value is -1.36. The van der Waals surface area contributed by atoms with E-state index in [-0.39, 0.29) is 5.84 Å². The molecule has 0 aliphatic carbocycles. The number of nitrogen functional groups attached to an aromatic ring is 1. The molecule has 1 aromatic rings. The van der Waals surface area contributed by atoms with Gasteiger partial charge in [-0.25, -0.2) is 0 Å². The molecule has 1 aliphatic heterocycles. The van der Waals surface area contributed by atoms with Gasteiger partial charge >= 0.3 is 0 Å². The summed E-state index contributed by atoms with van der Waals surface area (Å²) in [5.41, 5.74) is 7.03. The van der Waals surface area contributed by atoms with Crippen molar-refractivity contribution in [1.82, 2.24) is 9.78 Å². The molecule has 0 unspecified atom stereocenters. The Bertz CT molecular complexity index is 365. The summed E-state index contributed by atoms with van der Waals surface area (Å²) in [6.07, 6.45) is 3.84. The number of hydrogen-bond acceptors (Lipinski definition) is 3. The van der Waals surface area contributed by atoms with Crippen LogP contribution in [0.5, 0.6) is 0 Å². The van der Waals surface area contributed by atoms with Crippen molar-refractivity contribution in [2.45, 2.75) is 25.8 Å². The summed E-state index contributed by atoms with van der Waals surface area (Å²) in [7, 11) is 0. The van der Waals surface area contributed by atoms with Gasteiger partial charge < -0.3 is 10.5 Å². The summed E-state index contributed by atoms with van der Waals surface area (Å²) in [6, 6.07) is 0.394. The van der Waals surface area contributed by atoms with Crippen LogP contribution in [0.3, 0.4) is 0 Å². The van der Waals surface area contributed by atoms with Crippen molar-refractivity contribution in [2.75, 3.05) is 13.2 Å². The molecule has 0 bridgehead atoms. The molecule has 82 valence electrons. The number of rotatable bonds is 2. The first-order valence-corrected chi connectivity index (χ1v) is 5.16. The Balaban J connectivity index is 2.21. The zero-order valence-corrected chi connectivity index (χ0v) is 8.86. The van der Waals surface area contributed by atoms with Crippen molar-refractivity contribution >= 4 is 5.84 Å². The Morgan fingerprint density at radius 1 is 1.60 bits per heavy atom. The largest absolute Gasteiger partial charge is 0.384 e. The molecule has 0 spiro atoms. The highest BCUT2D eigenvalue weighted by Gasteiger charge is 2.18. The fraction of sp³-hybridized carbons (Fsp3) is 0.600. The molecule has 2 heterocycles. The molecule has 2 rings (SSSR count). The minimum Gasteiger partial charge on any atom is -0.384 e. The lowest BCUT2D eigenvalue weighted by molar-refractivity contribution is 0.0661. The van der Waals surface area contributed by atoms with Crippen LogP contribution in [0.1, 0.15) is 30.1 Å². The molecule has 1 fully saturated rings. The highest BCUT2D eigenvalue weighted by molar-refractivity contribution is 5.95. The van der Waals surface area contributed by atoms with Gasteiger partial charge in [0.2, 0.25) is 0 Å². The van der Waals surface area contributed by atoms with Gasteiger partial charge in [0.1, 0.15) is 5.84 Å². The van der Waals surface area contributed by atoms with Crippen LogP contribution in [-0.2, 0) is 4.74 Å². The Morgan fingerprint density at radius 3 is 2.80 bits per heavy atom. The minimum atomic E-state index is 0.0887. The van der Waals surface area contributed by atoms with Gasteiger partial charge in [0, 0.05) is 19.4 Å². The van der Waals surface area contributed by atoms with E-state index in [9.17, 15) is 0 Å². The van der Waals surface area contributed by atoms with E-state index in [0.717, 1.165) is 37.3 Å². The van der Waals surface area contributed by atoms with E-state index in [2.05, 4.69) is 5.10 Å². The second-order valence-electron chi connectivity index (χ2n) is 3.87. The number of nitrogens with zero attached hydrogens (tertiary/aromatic N) is 2. The van der Waals surface area contributed by atoms with Crippen LogP contribution in [0.4, 0.5) is 0 Å². The summed E-state index contributed by atoms with van der Waals surface area (Å²) in [6.45, 7) is 3.46. The Kier molecular flexibility index (Phi) is 2.73. The number of nitrogens with two attached hydrogens (primary N) is 1.